The molecule has 0 saturated carbocycles. The summed E-state index contributed by atoms with van der Waals surface area (Å²) in [5, 5.41) is 3.49. The number of hydrogen-bond acceptors (Lipinski definition) is 2. The predicted octanol–water partition coefficient (Wildman–Crippen LogP) is 1.55. The van der Waals surface area contributed by atoms with Gasteiger partial charge in [-0.2, -0.15) is 0 Å². The van der Waals surface area contributed by atoms with Crippen molar-refractivity contribution in [2.75, 3.05) is 20.1 Å². The molecule has 1 aliphatic heterocycles. The molecule has 0 radical (unpaired) electrons. The summed E-state index contributed by atoms with van der Waals surface area (Å²) in [6, 6.07) is 0.511. The van der Waals surface area contributed by atoms with Crippen molar-refractivity contribution in [2.45, 2.75) is 38.1 Å². The van der Waals surface area contributed by atoms with Crippen molar-refractivity contribution in [2.24, 2.45) is 5.92 Å². The first-order chi connectivity index (χ1) is 7.77. The summed E-state index contributed by atoms with van der Waals surface area (Å²) >= 11 is 0. The van der Waals surface area contributed by atoms with Gasteiger partial charge in [-0.25, -0.2) is 0 Å². The molecule has 1 amide bonds. The summed E-state index contributed by atoms with van der Waals surface area (Å²) in [7, 11) is 1.94. The van der Waals surface area contributed by atoms with E-state index in [1.807, 2.05) is 11.9 Å². The van der Waals surface area contributed by atoms with E-state index in [1.54, 1.807) is 0 Å². The molecule has 0 bridgehead atoms. The van der Waals surface area contributed by atoms with Crippen molar-refractivity contribution in [3.05, 3.63) is 12.2 Å². The van der Waals surface area contributed by atoms with Crippen LogP contribution in [-0.4, -0.2) is 37.0 Å². The molecule has 1 N–H and O–H groups in total. The van der Waals surface area contributed by atoms with Crippen molar-refractivity contribution in [1.29, 1.82) is 0 Å². The molecule has 1 heterocycles. The van der Waals surface area contributed by atoms with Gasteiger partial charge in [0.2, 0.25) is 5.91 Å². The van der Waals surface area contributed by atoms with Gasteiger partial charge < -0.3 is 10.2 Å². The highest BCUT2D eigenvalue weighted by molar-refractivity contribution is 5.79. The zero-order valence-electron chi connectivity index (χ0n) is 10.1. The van der Waals surface area contributed by atoms with Crippen LogP contribution in [0.25, 0.3) is 0 Å². The Hall–Kier alpha value is -0.830. The fourth-order valence-electron chi connectivity index (χ4n) is 2.63. The number of allylic oxidation sites excluding steroid dienone is 2. The largest absolute Gasteiger partial charge is 0.344 e. The summed E-state index contributed by atoms with van der Waals surface area (Å²) in [5.74, 6) is 0.533. The monoisotopic (exact) mass is 222 g/mol. The second-order valence-corrected chi connectivity index (χ2v) is 5.01. The van der Waals surface area contributed by atoms with Crippen molar-refractivity contribution in [1.82, 2.24) is 10.2 Å². The van der Waals surface area contributed by atoms with Crippen LogP contribution in [0, 0.1) is 5.92 Å². The number of hydrogen-bond donors (Lipinski definition) is 1. The molecule has 90 valence electrons. The van der Waals surface area contributed by atoms with Crippen molar-refractivity contribution < 1.29 is 4.79 Å². The molecule has 0 spiro atoms. The second kappa shape index (κ2) is 5.48. The lowest BCUT2D eigenvalue weighted by Crippen LogP contribution is -2.45. The molecule has 1 aliphatic carbocycles. The summed E-state index contributed by atoms with van der Waals surface area (Å²) < 4.78 is 0. The zero-order chi connectivity index (χ0) is 11.4. The number of piperidine rings is 1. The lowest BCUT2D eigenvalue weighted by Gasteiger charge is -2.29. The quantitative estimate of drug-likeness (QED) is 0.735. The standard InChI is InChI=1S/C13H22N2O/c1-15(10-12-8-4-5-9-14-12)13(16)11-6-2-3-7-11/h2-3,11-12,14H,4-10H2,1H3. The van der Waals surface area contributed by atoms with E-state index in [-0.39, 0.29) is 5.92 Å². The molecule has 1 fully saturated rings. The fraction of sp³-hybridized carbons (Fsp3) is 0.769. The maximum atomic E-state index is 12.1. The summed E-state index contributed by atoms with van der Waals surface area (Å²) in [6.45, 7) is 1.98. The molecule has 16 heavy (non-hydrogen) atoms. The Morgan fingerprint density at radius 1 is 1.38 bits per heavy atom. The van der Waals surface area contributed by atoms with E-state index >= 15 is 0 Å². The number of nitrogens with zero attached hydrogens (tertiary/aromatic N) is 1. The molecule has 0 aromatic rings. The van der Waals surface area contributed by atoms with Crippen LogP contribution in [0.15, 0.2) is 12.2 Å². The predicted molar refractivity (Wildman–Crippen MR) is 65.1 cm³/mol. The minimum absolute atomic E-state index is 0.216. The number of nitrogens with one attached hydrogen (secondary N) is 1. The lowest BCUT2D eigenvalue weighted by molar-refractivity contribution is -0.134. The molecule has 3 nitrogen and oxygen atoms in total. The Morgan fingerprint density at radius 2 is 2.12 bits per heavy atom. The van der Waals surface area contributed by atoms with E-state index in [4.69, 9.17) is 0 Å². The van der Waals surface area contributed by atoms with Crippen LogP contribution >= 0.6 is 0 Å². The highest BCUT2D eigenvalue weighted by Crippen LogP contribution is 2.20. The van der Waals surface area contributed by atoms with E-state index < -0.39 is 0 Å². The highest BCUT2D eigenvalue weighted by atomic mass is 16.2. The Bertz CT molecular complexity index is 261. The Labute approximate surface area is 97.9 Å². The maximum Gasteiger partial charge on any atom is 0.226 e. The fourth-order valence-corrected chi connectivity index (χ4v) is 2.63. The SMILES string of the molecule is CN(CC1CCCCN1)C(=O)C1CC=CC1. The van der Waals surface area contributed by atoms with Crippen LogP contribution in [0.4, 0.5) is 0 Å². The first-order valence-corrected chi connectivity index (χ1v) is 6.40. The van der Waals surface area contributed by atoms with Gasteiger partial charge in [-0.1, -0.05) is 18.6 Å². The smallest absolute Gasteiger partial charge is 0.226 e. The van der Waals surface area contributed by atoms with Crippen molar-refractivity contribution in [3.63, 3.8) is 0 Å². The summed E-state index contributed by atoms with van der Waals surface area (Å²) in [6.07, 6.45) is 9.89. The molecule has 2 rings (SSSR count). The van der Waals surface area contributed by atoms with Gasteiger partial charge in [0, 0.05) is 25.6 Å². The van der Waals surface area contributed by atoms with E-state index in [0.29, 0.717) is 11.9 Å². The third kappa shape index (κ3) is 2.85. The Kier molecular flexibility index (Phi) is 3.99. The summed E-state index contributed by atoms with van der Waals surface area (Å²) in [4.78, 5) is 14.0. The van der Waals surface area contributed by atoms with E-state index in [2.05, 4.69) is 17.5 Å². The van der Waals surface area contributed by atoms with Gasteiger partial charge in [0.1, 0.15) is 0 Å². The molecule has 3 heteroatoms. The van der Waals surface area contributed by atoms with E-state index in [0.717, 1.165) is 25.9 Å². The van der Waals surface area contributed by atoms with Crippen molar-refractivity contribution >= 4 is 5.91 Å². The van der Waals surface area contributed by atoms with Crippen LogP contribution in [0.1, 0.15) is 32.1 Å². The van der Waals surface area contributed by atoms with Crippen LogP contribution in [0.5, 0.6) is 0 Å². The van der Waals surface area contributed by atoms with Gasteiger partial charge in [0.25, 0.3) is 0 Å². The Morgan fingerprint density at radius 3 is 2.75 bits per heavy atom. The van der Waals surface area contributed by atoms with Crippen LogP contribution in [-0.2, 0) is 4.79 Å². The third-order valence-corrected chi connectivity index (χ3v) is 3.64. The van der Waals surface area contributed by atoms with Crippen LogP contribution in [0.3, 0.4) is 0 Å². The van der Waals surface area contributed by atoms with Gasteiger partial charge in [0.05, 0.1) is 0 Å². The average molecular weight is 222 g/mol. The van der Waals surface area contributed by atoms with Crippen molar-refractivity contribution in [3.8, 4) is 0 Å². The average Bonchev–Trinajstić information content (AvgIpc) is 2.83. The first kappa shape index (κ1) is 11.6. The molecule has 1 saturated heterocycles. The molecule has 2 aliphatic rings. The topological polar surface area (TPSA) is 32.3 Å². The zero-order valence-corrected chi connectivity index (χ0v) is 10.1. The minimum atomic E-state index is 0.216. The van der Waals surface area contributed by atoms with E-state index in [1.165, 1.54) is 19.3 Å². The maximum absolute atomic E-state index is 12.1. The van der Waals surface area contributed by atoms with Gasteiger partial charge in [-0.05, 0) is 32.2 Å². The molecule has 1 unspecified atom stereocenters. The lowest BCUT2D eigenvalue weighted by atomic mass is 10.0. The van der Waals surface area contributed by atoms with Gasteiger partial charge in [-0.3, -0.25) is 4.79 Å². The normalized spacial score (nSPS) is 25.9. The molecule has 0 aromatic heterocycles. The van der Waals surface area contributed by atoms with E-state index in [9.17, 15) is 4.79 Å². The summed E-state index contributed by atoms with van der Waals surface area (Å²) in [5.41, 5.74) is 0. The number of rotatable bonds is 3. The number of amides is 1. The Balaban J connectivity index is 1.77. The number of carbonyl (C=O) groups excluding carboxylic acids is 1. The van der Waals surface area contributed by atoms with Gasteiger partial charge in [0.15, 0.2) is 0 Å². The molecule has 0 aromatic carbocycles. The van der Waals surface area contributed by atoms with Crippen LogP contribution in [0.2, 0.25) is 0 Å². The minimum Gasteiger partial charge on any atom is -0.344 e. The number of likely N-dealkylation sites (N-methyl/N-ethyl adjacent to an activating group) is 1. The third-order valence-electron chi connectivity index (χ3n) is 3.64. The second-order valence-electron chi connectivity index (χ2n) is 5.01. The molecular formula is C13H22N2O. The highest BCUT2D eigenvalue weighted by Gasteiger charge is 2.24. The number of carbonyl (C=O) groups is 1. The van der Waals surface area contributed by atoms with Gasteiger partial charge >= 0.3 is 0 Å². The molecule has 1 atom stereocenters. The first-order valence-electron chi connectivity index (χ1n) is 6.40. The van der Waals surface area contributed by atoms with Gasteiger partial charge in [-0.15, -0.1) is 0 Å². The van der Waals surface area contributed by atoms with Crippen LogP contribution < -0.4 is 5.32 Å². The molecular weight excluding hydrogens is 200 g/mol.